The summed E-state index contributed by atoms with van der Waals surface area (Å²) < 4.78 is 6.79. The van der Waals surface area contributed by atoms with Crippen LogP contribution in [0.5, 0.6) is 11.5 Å². The number of thiazole rings is 1. The number of aryl methyl sites for hydroxylation is 1. The molecule has 0 saturated heterocycles. The van der Waals surface area contributed by atoms with Gasteiger partial charge in [-0.2, -0.15) is 5.26 Å². The molecule has 3 rings (SSSR count). The second-order valence-corrected chi connectivity index (χ2v) is 5.54. The lowest BCUT2D eigenvalue weighted by Crippen LogP contribution is -1.93. The smallest absolute Gasteiger partial charge is 0.152 e. The number of fused-ring (bicyclic) bond motifs is 1. The SMILES string of the molecule is Cc1nc2cc(Oc3ccccc3C#N)c(N)cc2s1. The van der Waals surface area contributed by atoms with Crippen molar-refractivity contribution in [3.05, 3.63) is 47.0 Å². The minimum Gasteiger partial charge on any atom is -0.454 e. The number of nitrogens with zero attached hydrogens (tertiary/aromatic N) is 2. The first-order chi connectivity index (χ1) is 9.67. The van der Waals surface area contributed by atoms with Crippen LogP contribution in [0.25, 0.3) is 10.2 Å². The molecule has 1 aromatic heterocycles. The molecule has 0 aliphatic rings. The normalized spacial score (nSPS) is 10.4. The van der Waals surface area contributed by atoms with Gasteiger partial charge in [0.05, 0.1) is 26.5 Å². The Bertz CT molecular complexity index is 833. The Morgan fingerprint density at radius 2 is 2.05 bits per heavy atom. The van der Waals surface area contributed by atoms with Gasteiger partial charge in [0, 0.05) is 6.07 Å². The molecule has 2 N–H and O–H groups in total. The molecule has 4 nitrogen and oxygen atoms in total. The van der Waals surface area contributed by atoms with E-state index >= 15 is 0 Å². The summed E-state index contributed by atoms with van der Waals surface area (Å²) in [5, 5.41) is 10.0. The quantitative estimate of drug-likeness (QED) is 0.724. The molecule has 0 fully saturated rings. The molecule has 0 aliphatic heterocycles. The topological polar surface area (TPSA) is 71.9 Å². The number of ether oxygens (including phenoxy) is 1. The fraction of sp³-hybridized carbons (Fsp3) is 0.0667. The van der Waals surface area contributed by atoms with Crippen LogP contribution >= 0.6 is 11.3 Å². The summed E-state index contributed by atoms with van der Waals surface area (Å²) in [5.74, 6) is 1.01. The summed E-state index contributed by atoms with van der Waals surface area (Å²) in [7, 11) is 0. The second-order valence-electron chi connectivity index (χ2n) is 4.30. The first-order valence-corrected chi connectivity index (χ1v) is 6.82. The van der Waals surface area contributed by atoms with Gasteiger partial charge in [-0.25, -0.2) is 4.98 Å². The highest BCUT2D eigenvalue weighted by Crippen LogP contribution is 2.34. The van der Waals surface area contributed by atoms with Crippen LogP contribution < -0.4 is 10.5 Å². The number of benzene rings is 2. The van der Waals surface area contributed by atoms with Gasteiger partial charge < -0.3 is 10.5 Å². The van der Waals surface area contributed by atoms with E-state index in [1.54, 1.807) is 29.5 Å². The average molecular weight is 281 g/mol. The summed E-state index contributed by atoms with van der Waals surface area (Å²) in [6, 6.07) is 12.8. The highest BCUT2D eigenvalue weighted by Gasteiger charge is 2.10. The zero-order valence-electron chi connectivity index (χ0n) is 10.8. The lowest BCUT2D eigenvalue weighted by Gasteiger charge is -2.09. The second kappa shape index (κ2) is 4.83. The van der Waals surface area contributed by atoms with Crippen LogP contribution in [-0.2, 0) is 0 Å². The van der Waals surface area contributed by atoms with Gasteiger partial charge >= 0.3 is 0 Å². The van der Waals surface area contributed by atoms with E-state index in [4.69, 9.17) is 15.7 Å². The average Bonchev–Trinajstić information content (AvgIpc) is 2.79. The Labute approximate surface area is 120 Å². The Balaban J connectivity index is 2.06. The maximum Gasteiger partial charge on any atom is 0.152 e. The van der Waals surface area contributed by atoms with Gasteiger partial charge in [0.2, 0.25) is 0 Å². The van der Waals surface area contributed by atoms with Crippen molar-refractivity contribution in [2.24, 2.45) is 0 Å². The van der Waals surface area contributed by atoms with E-state index in [1.807, 2.05) is 25.1 Å². The molecule has 0 atom stereocenters. The van der Waals surface area contributed by atoms with Crippen LogP contribution in [-0.4, -0.2) is 4.98 Å². The molecule has 0 bridgehead atoms. The van der Waals surface area contributed by atoms with E-state index < -0.39 is 0 Å². The summed E-state index contributed by atoms with van der Waals surface area (Å²) in [6.07, 6.45) is 0. The number of aromatic nitrogens is 1. The zero-order valence-corrected chi connectivity index (χ0v) is 11.6. The first-order valence-electron chi connectivity index (χ1n) is 6.01. The van der Waals surface area contributed by atoms with Crippen LogP contribution in [0, 0.1) is 18.3 Å². The van der Waals surface area contributed by atoms with Crippen molar-refractivity contribution in [2.75, 3.05) is 5.73 Å². The molecular formula is C15H11N3OS. The van der Waals surface area contributed by atoms with E-state index in [-0.39, 0.29) is 0 Å². The molecule has 0 saturated carbocycles. The third kappa shape index (κ3) is 2.17. The summed E-state index contributed by atoms with van der Waals surface area (Å²) in [5.41, 5.74) is 7.87. The Morgan fingerprint density at radius 1 is 1.25 bits per heavy atom. The standard InChI is InChI=1S/C15H11N3OS/c1-9-18-12-7-14(11(17)6-15(12)20-9)19-13-5-3-2-4-10(13)8-16/h2-7H,17H2,1H3. The highest BCUT2D eigenvalue weighted by molar-refractivity contribution is 7.18. The number of nitriles is 1. The van der Waals surface area contributed by atoms with Crippen molar-refractivity contribution in [3.63, 3.8) is 0 Å². The molecule has 3 aromatic rings. The predicted octanol–water partition coefficient (Wildman–Crippen LogP) is 3.85. The van der Waals surface area contributed by atoms with Crippen molar-refractivity contribution in [1.82, 2.24) is 4.98 Å². The van der Waals surface area contributed by atoms with Gasteiger partial charge in [0.1, 0.15) is 11.8 Å². The number of hydrogen-bond donors (Lipinski definition) is 1. The zero-order chi connectivity index (χ0) is 14.1. The molecule has 0 radical (unpaired) electrons. The maximum absolute atomic E-state index is 9.07. The number of rotatable bonds is 2. The number of hydrogen-bond acceptors (Lipinski definition) is 5. The number of nitrogen functional groups attached to an aromatic ring is 1. The fourth-order valence-electron chi connectivity index (χ4n) is 1.94. The van der Waals surface area contributed by atoms with Crippen molar-refractivity contribution < 1.29 is 4.74 Å². The summed E-state index contributed by atoms with van der Waals surface area (Å²) in [6.45, 7) is 1.95. The van der Waals surface area contributed by atoms with E-state index in [0.717, 1.165) is 15.2 Å². The van der Waals surface area contributed by atoms with Crippen LogP contribution in [0.4, 0.5) is 5.69 Å². The van der Waals surface area contributed by atoms with E-state index in [1.165, 1.54) is 0 Å². The maximum atomic E-state index is 9.07. The van der Waals surface area contributed by atoms with Gasteiger partial charge in [-0.05, 0) is 25.1 Å². The van der Waals surface area contributed by atoms with Crippen molar-refractivity contribution in [3.8, 4) is 17.6 Å². The van der Waals surface area contributed by atoms with Gasteiger partial charge in [-0.3, -0.25) is 0 Å². The molecular weight excluding hydrogens is 270 g/mol. The number of para-hydroxylation sites is 1. The fourth-order valence-corrected chi connectivity index (χ4v) is 2.80. The minimum absolute atomic E-state index is 0.474. The molecule has 1 heterocycles. The van der Waals surface area contributed by atoms with Crippen LogP contribution in [0.3, 0.4) is 0 Å². The van der Waals surface area contributed by atoms with E-state index in [9.17, 15) is 0 Å². The van der Waals surface area contributed by atoms with E-state index in [0.29, 0.717) is 22.7 Å². The Kier molecular flexibility index (Phi) is 3.01. The predicted molar refractivity (Wildman–Crippen MR) is 80.0 cm³/mol. The molecule has 0 unspecified atom stereocenters. The molecule has 20 heavy (non-hydrogen) atoms. The lowest BCUT2D eigenvalue weighted by atomic mass is 10.2. The monoisotopic (exact) mass is 281 g/mol. The molecule has 98 valence electrons. The van der Waals surface area contributed by atoms with Gasteiger partial charge in [0.15, 0.2) is 5.75 Å². The van der Waals surface area contributed by atoms with Gasteiger partial charge in [-0.15, -0.1) is 11.3 Å². The third-order valence-electron chi connectivity index (χ3n) is 2.85. The van der Waals surface area contributed by atoms with Gasteiger partial charge in [0.25, 0.3) is 0 Å². The van der Waals surface area contributed by atoms with Crippen molar-refractivity contribution >= 4 is 27.2 Å². The van der Waals surface area contributed by atoms with Crippen LogP contribution in [0.2, 0.25) is 0 Å². The number of anilines is 1. The minimum atomic E-state index is 0.474. The van der Waals surface area contributed by atoms with Crippen LogP contribution in [0.15, 0.2) is 36.4 Å². The summed E-state index contributed by atoms with van der Waals surface area (Å²) >= 11 is 1.59. The molecule has 5 heteroatoms. The van der Waals surface area contributed by atoms with Crippen LogP contribution in [0.1, 0.15) is 10.6 Å². The molecule has 0 amide bonds. The van der Waals surface area contributed by atoms with E-state index in [2.05, 4.69) is 11.1 Å². The van der Waals surface area contributed by atoms with Gasteiger partial charge in [-0.1, -0.05) is 12.1 Å². The number of nitrogens with two attached hydrogens (primary N) is 1. The van der Waals surface area contributed by atoms with Crippen molar-refractivity contribution in [1.29, 1.82) is 5.26 Å². The Morgan fingerprint density at radius 3 is 2.85 bits per heavy atom. The molecule has 2 aromatic carbocycles. The third-order valence-corrected chi connectivity index (χ3v) is 3.79. The largest absolute Gasteiger partial charge is 0.454 e. The van der Waals surface area contributed by atoms with Crippen molar-refractivity contribution in [2.45, 2.75) is 6.92 Å². The summed E-state index contributed by atoms with van der Waals surface area (Å²) in [4.78, 5) is 4.42. The highest BCUT2D eigenvalue weighted by atomic mass is 32.1. The molecule has 0 spiro atoms. The first kappa shape index (κ1) is 12.5. The Hall–Kier alpha value is -2.58. The lowest BCUT2D eigenvalue weighted by molar-refractivity contribution is 0.484. The molecule has 0 aliphatic carbocycles.